The van der Waals surface area contributed by atoms with E-state index in [1.165, 1.54) is 0 Å². The van der Waals surface area contributed by atoms with Gasteiger partial charge in [0, 0.05) is 26.2 Å². The second kappa shape index (κ2) is 17.3. The Bertz CT molecular complexity index is 279. The second-order valence-corrected chi connectivity index (χ2v) is 17.3. The SMILES string of the molecule is CN(C)CCN(C)CCN(C)C.CN(C)[As]([P-]C(C)(C)C)N(C)C.[K+]. The van der Waals surface area contributed by atoms with Gasteiger partial charge in [-0.25, -0.2) is 0 Å². The van der Waals surface area contributed by atoms with Crippen LogP contribution in [0.4, 0.5) is 0 Å². The van der Waals surface area contributed by atoms with Gasteiger partial charge >= 0.3 is 135 Å². The van der Waals surface area contributed by atoms with E-state index >= 15 is 0 Å². The first-order valence-corrected chi connectivity index (χ1v) is 13.7. The molecule has 0 spiro atoms. The van der Waals surface area contributed by atoms with E-state index < -0.39 is 14.6 Å². The Kier molecular flexibility index (Phi) is 22.2. The van der Waals surface area contributed by atoms with Gasteiger partial charge in [-0.2, -0.15) is 0 Å². The maximum atomic E-state index is 2.40. The van der Waals surface area contributed by atoms with Crippen molar-refractivity contribution in [1.29, 1.82) is 0 Å². The maximum absolute atomic E-state index is 2.40. The molecule has 0 aromatic heterocycles. The molecule has 0 bridgehead atoms. The third-order valence-electron chi connectivity index (χ3n) is 2.96. The largest absolute Gasteiger partial charge is 1.00 e. The number of rotatable bonds is 9. The topological polar surface area (TPSA) is 16.2 Å². The number of hydrogen-bond acceptors (Lipinski definition) is 5. The van der Waals surface area contributed by atoms with Gasteiger partial charge in [0.1, 0.15) is 0 Å². The second-order valence-electron chi connectivity index (χ2n) is 8.14. The molecule has 0 aliphatic heterocycles. The molecule has 0 fully saturated rings. The third kappa shape index (κ3) is 24.4. The molecule has 0 unspecified atom stereocenters. The Morgan fingerprint density at radius 3 is 1.12 bits per heavy atom. The van der Waals surface area contributed by atoms with Crippen LogP contribution in [0.5, 0.6) is 0 Å². The Morgan fingerprint density at radius 1 is 0.640 bits per heavy atom. The molecule has 5 nitrogen and oxygen atoms in total. The van der Waals surface area contributed by atoms with Gasteiger partial charge in [-0.3, -0.25) is 0 Å². The van der Waals surface area contributed by atoms with Gasteiger partial charge in [-0.1, -0.05) is 0 Å². The zero-order valence-electron chi connectivity index (χ0n) is 19.5. The first-order chi connectivity index (χ1) is 10.8. The van der Waals surface area contributed by atoms with Crippen molar-refractivity contribution in [3.63, 3.8) is 0 Å². The normalized spacial score (nSPS) is 12.7. The molecule has 0 radical (unpaired) electrons. The van der Waals surface area contributed by atoms with Crippen molar-refractivity contribution in [1.82, 2.24) is 22.3 Å². The predicted molar refractivity (Wildman–Crippen MR) is 114 cm³/mol. The molecule has 0 saturated heterocycles. The van der Waals surface area contributed by atoms with Gasteiger partial charge in [0.05, 0.1) is 0 Å². The smallest absolute Gasteiger partial charge is 1.00 e. The number of likely N-dealkylation sites (N-methyl/N-ethyl adjacent to an activating group) is 3. The summed E-state index contributed by atoms with van der Waals surface area (Å²) in [6.07, 6.45) is 0. The van der Waals surface area contributed by atoms with Gasteiger partial charge in [0.25, 0.3) is 0 Å². The first kappa shape index (κ1) is 32.1. The standard InChI is InChI=1S/C9H23N3.C8H21AsN2P.K/c1-10(2)6-8-12(5)9-7-11(3)4;1-8(2,3)12-9(10(4)5)11(6)7;/h6-9H2,1-5H3;1-7H3;/q;-1;+1. The fourth-order valence-electron chi connectivity index (χ4n) is 1.66. The minimum absolute atomic E-state index is 0. The summed E-state index contributed by atoms with van der Waals surface area (Å²) in [6, 6.07) is 0. The quantitative estimate of drug-likeness (QED) is 0.317. The van der Waals surface area contributed by atoms with Crippen molar-refractivity contribution in [3.05, 3.63) is 0 Å². The molecule has 25 heavy (non-hydrogen) atoms. The van der Waals surface area contributed by atoms with E-state index in [1.54, 1.807) is 7.14 Å². The molecular formula is C17H44AsKN5P. The van der Waals surface area contributed by atoms with E-state index in [4.69, 9.17) is 0 Å². The van der Waals surface area contributed by atoms with Crippen LogP contribution in [-0.4, -0.2) is 132 Å². The molecule has 0 amide bonds. The van der Waals surface area contributed by atoms with Crippen molar-refractivity contribution >= 4 is 21.8 Å². The molecule has 8 heteroatoms. The van der Waals surface area contributed by atoms with Gasteiger partial charge in [-0.15, -0.1) is 0 Å². The van der Waals surface area contributed by atoms with Crippen LogP contribution >= 0.6 is 7.14 Å². The summed E-state index contributed by atoms with van der Waals surface area (Å²) in [6.45, 7) is 11.5. The van der Waals surface area contributed by atoms with Crippen LogP contribution in [0.3, 0.4) is 0 Å². The Labute approximate surface area is 208 Å². The third-order valence-corrected chi connectivity index (χ3v) is 15.4. The van der Waals surface area contributed by atoms with Crippen LogP contribution in [0, 0.1) is 0 Å². The minimum Gasteiger partial charge on any atom is 1.00 e. The molecule has 0 aliphatic rings. The molecule has 0 saturated carbocycles. The van der Waals surface area contributed by atoms with E-state index in [0.717, 1.165) is 26.2 Å². The van der Waals surface area contributed by atoms with E-state index in [1.807, 2.05) is 0 Å². The van der Waals surface area contributed by atoms with Gasteiger partial charge < -0.3 is 14.7 Å². The Hall–Kier alpha value is 2.42. The Balaban J connectivity index is -0.000000372. The maximum Gasteiger partial charge on any atom is 1.00 e. The minimum atomic E-state index is -0.936. The molecular weight excluding hydrogens is 419 g/mol. The van der Waals surface area contributed by atoms with Crippen molar-refractivity contribution in [3.8, 4) is 0 Å². The van der Waals surface area contributed by atoms with Gasteiger partial charge in [0.2, 0.25) is 0 Å². The molecule has 0 atom stereocenters. The molecule has 0 aromatic carbocycles. The van der Waals surface area contributed by atoms with Crippen molar-refractivity contribution in [2.75, 3.05) is 89.6 Å². The molecule has 0 aromatic rings. The zero-order valence-corrected chi connectivity index (χ0v) is 25.4. The number of hydrogen-bond donors (Lipinski definition) is 0. The van der Waals surface area contributed by atoms with Crippen LogP contribution in [0.15, 0.2) is 0 Å². The zero-order chi connectivity index (χ0) is 19.5. The van der Waals surface area contributed by atoms with Crippen LogP contribution in [0.1, 0.15) is 20.8 Å². The summed E-state index contributed by atoms with van der Waals surface area (Å²) in [5, 5.41) is 0.439. The van der Waals surface area contributed by atoms with Crippen LogP contribution in [-0.2, 0) is 0 Å². The summed E-state index contributed by atoms with van der Waals surface area (Å²) in [4.78, 5) is 6.79. The van der Waals surface area contributed by atoms with Crippen molar-refractivity contribution in [2.24, 2.45) is 0 Å². The molecule has 0 rings (SSSR count). The molecule has 0 heterocycles. The summed E-state index contributed by atoms with van der Waals surface area (Å²) in [5.74, 6) is 0. The average Bonchev–Trinajstić information content (AvgIpc) is 2.39. The molecule has 0 aliphatic carbocycles. The van der Waals surface area contributed by atoms with Crippen LogP contribution in [0.2, 0.25) is 0 Å². The summed E-state index contributed by atoms with van der Waals surface area (Å²) >= 11 is -0.936. The van der Waals surface area contributed by atoms with E-state index in [2.05, 4.69) is 107 Å². The summed E-state index contributed by atoms with van der Waals surface area (Å²) in [7, 11) is 21.0. The number of nitrogens with zero attached hydrogens (tertiary/aromatic N) is 5. The van der Waals surface area contributed by atoms with Crippen molar-refractivity contribution in [2.45, 2.75) is 25.9 Å². The summed E-state index contributed by atoms with van der Waals surface area (Å²) < 4.78 is 4.81. The van der Waals surface area contributed by atoms with E-state index in [-0.39, 0.29) is 51.4 Å². The van der Waals surface area contributed by atoms with Crippen molar-refractivity contribution < 1.29 is 51.4 Å². The van der Waals surface area contributed by atoms with Gasteiger partial charge in [-0.05, 0) is 35.2 Å². The Morgan fingerprint density at radius 2 is 0.960 bits per heavy atom. The van der Waals surface area contributed by atoms with E-state index in [9.17, 15) is 0 Å². The monoisotopic (exact) mass is 463 g/mol. The molecule has 0 N–H and O–H groups in total. The molecule has 148 valence electrons. The predicted octanol–water partition coefficient (Wildman–Crippen LogP) is -1.12. The average molecular weight is 464 g/mol. The fourth-order valence-corrected chi connectivity index (χ4v) is 9.68. The fraction of sp³-hybridized carbons (Fsp3) is 1.00. The summed E-state index contributed by atoms with van der Waals surface area (Å²) in [5.41, 5.74) is 0. The first-order valence-electron chi connectivity index (χ1n) is 8.61. The van der Waals surface area contributed by atoms with Crippen LogP contribution in [0.25, 0.3) is 0 Å². The van der Waals surface area contributed by atoms with Crippen LogP contribution < -0.4 is 51.4 Å². The van der Waals surface area contributed by atoms with E-state index in [0.29, 0.717) is 5.16 Å². The van der Waals surface area contributed by atoms with Gasteiger partial charge in [0.15, 0.2) is 0 Å².